The van der Waals surface area contributed by atoms with Crippen molar-refractivity contribution in [1.29, 1.82) is 0 Å². The molecule has 3 heteroatoms. The van der Waals surface area contributed by atoms with Crippen molar-refractivity contribution >= 4 is 11.3 Å². The quantitative estimate of drug-likeness (QED) is 0.859. The van der Waals surface area contributed by atoms with E-state index >= 15 is 0 Å². The number of benzene rings is 1. The Balaban J connectivity index is 1.95. The van der Waals surface area contributed by atoms with Crippen molar-refractivity contribution in [3.63, 3.8) is 0 Å². The number of aryl methyl sites for hydroxylation is 1. The van der Waals surface area contributed by atoms with Gasteiger partial charge in [-0.25, -0.2) is 4.98 Å². The maximum atomic E-state index is 10.1. The lowest BCUT2D eigenvalue weighted by atomic mass is 10.1. The molecule has 1 aromatic carbocycles. The smallest absolute Gasteiger partial charge is 0.0928 e. The standard InChI is InChI=1S/C15H19NOS/c1-2-3-9-15-16-13(11-18-15)10-14(17)12-7-5-4-6-8-12/h4-8,11,14,17H,2-3,9-10H2,1H3. The summed E-state index contributed by atoms with van der Waals surface area (Å²) in [4.78, 5) is 4.57. The van der Waals surface area contributed by atoms with Gasteiger partial charge in [0.25, 0.3) is 0 Å². The van der Waals surface area contributed by atoms with Gasteiger partial charge < -0.3 is 5.11 Å². The number of unbranched alkanes of at least 4 members (excludes halogenated alkanes) is 1. The van der Waals surface area contributed by atoms with Gasteiger partial charge in [0.05, 0.1) is 16.8 Å². The second-order valence-electron chi connectivity index (χ2n) is 4.47. The summed E-state index contributed by atoms with van der Waals surface area (Å²) >= 11 is 1.70. The molecule has 0 fully saturated rings. The highest BCUT2D eigenvalue weighted by atomic mass is 32.1. The van der Waals surface area contributed by atoms with E-state index in [1.807, 2.05) is 30.3 Å². The predicted molar refractivity (Wildman–Crippen MR) is 75.8 cm³/mol. The van der Waals surface area contributed by atoms with Gasteiger partial charge in [0.1, 0.15) is 0 Å². The van der Waals surface area contributed by atoms with Crippen molar-refractivity contribution in [2.24, 2.45) is 0 Å². The molecular weight excluding hydrogens is 242 g/mol. The highest BCUT2D eigenvalue weighted by Gasteiger charge is 2.10. The third-order valence-electron chi connectivity index (χ3n) is 2.93. The first-order valence-electron chi connectivity index (χ1n) is 6.46. The molecule has 0 spiro atoms. The summed E-state index contributed by atoms with van der Waals surface area (Å²) in [5.74, 6) is 0. The highest BCUT2D eigenvalue weighted by Crippen LogP contribution is 2.20. The van der Waals surface area contributed by atoms with Gasteiger partial charge in [-0.05, 0) is 18.4 Å². The fourth-order valence-corrected chi connectivity index (χ4v) is 2.73. The number of thiazole rings is 1. The summed E-state index contributed by atoms with van der Waals surface area (Å²) in [5, 5.41) is 13.4. The van der Waals surface area contributed by atoms with Crippen LogP contribution in [0.4, 0.5) is 0 Å². The summed E-state index contributed by atoms with van der Waals surface area (Å²) in [6.07, 6.45) is 3.60. The number of aromatic nitrogens is 1. The minimum Gasteiger partial charge on any atom is -0.388 e. The maximum absolute atomic E-state index is 10.1. The summed E-state index contributed by atoms with van der Waals surface area (Å²) in [5.41, 5.74) is 1.96. The Morgan fingerprint density at radius 2 is 2.06 bits per heavy atom. The van der Waals surface area contributed by atoms with Gasteiger partial charge in [-0.15, -0.1) is 11.3 Å². The van der Waals surface area contributed by atoms with Crippen LogP contribution >= 0.6 is 11.3 Å². The van der Waals surface area contributed by atoms with E-state index < -0.39 is 6.10 Å². The Morgan fingerprint density at radius 3 is 2.78 bits per heavy atom. The molecule has 2 aromatic rings. The van der Waals surface area contributed by atoms with Crippen LogP contribution in [0, 0.1) is 0 Å². The third kappa shape index (κ3) is 3.65. The third-order valence-corrected chi connectivity index (χ3v) is 3.89. The summed E-state index contributed by atoms with van der Waals surface area (Å²) in [7, 11) is 0. The van der Waals surface area contributed by atoms with E-state index in [1.165, 1.54) is 17.8 Å². The van der Waals surface area contributed by atoms with Crippen molar-refractivity contribution in [1.82, 2.24) is 4.98 Å². The zero-order valence-electron chi connectivity index (χ0n) is 10.7. The topological polar surface area (TPSA) is 33.1 Å². The Bertz CT molecular complexity index is 466. The number of hydrogen-bond acceptors (Lipinski definition) is 3. The zero-order chi connectivity index (χ0) is 12.8. The number of aliphatic hydroxyl groups is 1. The molecule has 2 rings (SSSR count). The first kappa shape index (κ1) is 13.2. The van der Waals surface area contributed by atoms with E-state index in [9.17, 15) is 5.11 Å². The zero-order valence-corrected chi connectivity index (χ0v) is 11.5. The van der Waals surface area contributed by atoms with Crippen LogP contribution in [0.1, 0.15) is 42.1 Å². The lowest BCUT2D eigenvalue weighted by molar-refractivity contribution is 0.177. The molecule has 0 aliphatic rings. The summed E-state index contributed by atoms with van der Waals surface area (Å²) < 4.78 is 0. The van der Waals surface area contributed by atoms with E-state index in [0.29, 0.717) is 6.42 Å². The van der Waals surface area contributed by atoms with Crippen LogP contribution < -0.4 is 0 Å². The van der Waals surface area contributed by atoms with Gasteiger partial charge in [0.15, 0.2) is 0 Å². The molecule has 0 saturated carbocycles. The fraction of sp³-hybridized carbons (Fsp3) is 0.400. The van der Waals surface area contributed by atoms with Crippen LogP contribution in [0.2, 0.25) is 0 Å². The number of rotatable bonds is 6. The second kappa shape index (κ2) is 6.66. The molecule has 0 saturated heterocycles. The van der Waals surface area contributed by atoms with Crippen LogP contribution in [-0.4, -0.2) is 10.1 Å². The van der Waals surface area contributed by atoms with Crippen LogP contribution in [0.15, 0.2) is 35.7 Å². The Morgan fingerprint density at radius 1 is 1.28 bits per heavy atom. The van der Waals surface area contributed by atoms with Crippen LogP contribution in [-0.2, 0) is 12.8 Å². The van der Waals surface area contributed by atoms with E-state index in [4.69, 9.17) is 0 Å². The molecule has 1 N–H and O–H groups in total. The van der Waals surface area contributed by atoms with Crippen LogP contribution in [0.5, 0.6) is 0 Å². The minimum atomic E-state index is -0.452. The van der Waals surface area contributed by atoms with Gasteiger partial charge in [0.2, 0.25) is 0 Å². The minimum absolute atomic E-state index is 0.452. The molecule has 96 valence electrons. The molecule has 1 heterocycles. The monoisotopic (exact) mass is 261 g/mol. The van der Waals surface area contributed by atoms with E-state index in [2.05, 4.69) is 17.3 Å². The summed E-state index contributed by atoms with van der Waals surface area (Å²) in [6, 6.07) is 9.77. The SMILES string of the molecule is CCCCc1nc(CC(O)c2ccccc2)cs1. The molecule has 0 aliphatic heterocycles. The Hall–Kier alpha value is -1.19. The number of hydrogen-bond donors (Lipinski definition) is 1. The van der Waals surface area contributed by atoms with Crippen molar-refractivity contribution in [2.75, 3.05) is 0 Å². The predicted octanol–water partition coefficient (Wildman–Crippen LogP) is 3.76. The first-order chi connectivity index (χ1) is 8.79. The van der Waals surface area contributed by atoms with Crippen LogP contribution in [0.3, 0.4) is 0 Å². The summed E-state index contributed by atoms with van der Waals surface area (Å²) in [6.45, 7) is 2.19. The van der Waals surface area contributed by atoms with Gasteiger partial charge in [-0.2, -0.15) is 0 Å². The number of aliphatic hydroxyl groups excluding tert-OH is 1. The van der Waals surface area contributed by atoms with Gasteiger partial charge in [-0.3, -0.25) is 0 Å². The van der Waals surface area contributed by atoms with Gasteiger partial charge in [0, 0.05) is 11.8 Å². The fourth-order valence-electron chi connectivity index (χ4n) is 1.88. The lowest BCUT2D eigenvalue weighted by Crippen LogP contribution is -2.02. The van der Waals surface area contributed by atoms with Gasteiger partial charge >= 0.3 is 0 Å². The first-order valence-corrected chi connectivity index (χ1v) is 7.34. The molecule has 1 atom stereocenters. The van der Waals surface area contributed by atoms with Crippen molar-refractivity contribution in [3.8, 4) is 0 Å². The molecule has 1 unspecified atom stereocenters. The van der Waals surface area contributed by atoms with Crippen molar-refractivity contribution in [3.05, 3.63) is 52.0 Å². The molecule has 2 nitrogen and oxygen atoms in total. The van der Waals surface area contributed by atoms with E-state index in [0.717, 1.165) is 17.7 Å². The Labute approximate surface area is 112 Å². The molecule has 1 aromatic heterocycles. The van der Waals surface area contributed by atoms with Crippen molar-refractivity contribution < 1.29 is 5.11 Å². The molecule has 0 radical (unpaired) electrons. The highest BCUT2D eigenvalue weighted by molar-refractivity contribution is 7.09. The van der Waals surface area contributed by atoms with Crippen molar-refractivity contribution in [2.45, 2.75) is 38.7 Å². The largest absolute Gasteiger partial charge is 0.388 e. The molecule has 0 bridgehead atoms. The number of nitrogens with zero attached hydrogens (tertiary/aromatic N) is 1. The van der Waals surface area contributed by atoms with E-state index in [-0.39, 0.29) is 0 Å². The second-order valence-corrected chi connectivity index (χ2v) is 5.41. The molecular formula is C15H19NOS. The normalized spacial score (nSPS) is 12.6. The average molecular weight is 261 g/mol. The molecule has 0 amide bonds. The molecule has 0 aliphatic carbocycles. The lowest BCUT2D eigenvalue weighted by Gasteiger charge is -2.08. The Kier molecular flexibility index (Phi) is 4.90. The van der Waals surface area contributed by atoms with Crippen LogP contribution in [0.25, 0.3) is 0 Å². The maximum Gasteiger partial charge on any atom is 0.0928 e. The van der Waals surface area contributed by atoms with Gasteiger partial charge in [-0.1, -0.05) is 43.7 Å². The van der Waals surface area contributed by atoms with E-state index in [1.54, 1.807) is 11.3 Å². The average Bonchev–Trinajstić information content (AvgIpc) is 2.85. The molecule has 18 heavy (non-hydrogen) atoms.